The predicted molar refractivity (Wildman–Crippen MR) is 120 cm³/mol. The van der Waals surface area contributed by atoms with Crippen molar-refractivity contribution in [2.45, 2.75) is 32.4 Å². The average molecular weight is 422 g/mol. The summed E-state index contributed by atoms with van der Waals surface area (Å²) in [4.78, 5) is 31.6. The van der Waals surface area contributed by atoms with Gasteiger partial charge in [-0.1, -0.05) is 36.4 Å². The quantitative estimate of drug-likeness (QED) is 0.745. The first-order valence-corrected chi connectivity index (χ1v) is 11.0. The molecule has 164 valence electrons. The van der Waals surface area contributed by atoms with E-state index in [1.807, 2.05) is 34.1 Å². The minimum Gasteiger partial charge on any atom is -0.497 e. The van der Waals surface area contributed by atoms with Crippen LogP contribution in [0.4, 0.5) is 0 Å². The largest absolute Gasteiger partial charge is 0.497 e. The Balaban J connectivity index is 1.35. The molecule has 2 aliphatic heterocycles. The van der Waals surface area contributed by atoms with Crippen LogP contribution in [0, 0.1) is 0 Å². The van der Waals surface area contributed by atoms with Crippen molar-refractivity contribution in [1.29, 1.82) is 0 Å². The highest BCUT2D eigenvalue weighted by molar-refractivity contribution is 5.80. The fraction of sp³-hybridized carbons (Fsp3) is 0.440. The Morgan fingerprint density at radius 2 is 1.68 bits per heavy atom. The molecule has 2 aliphatic rings. The summed E-state index contributed by atoms with van der Waals surface area (Å²) in [5.41, 5.74) is 3.62. The number of ether oxygens (including phenoxy) is 1. The summed E-state index contributed by atoms with van der Waals surface area (Å²) < 4.78 is 5.22. The highest BCUT2D eigenvalue weighted by Gasteiger charge is 2.32. The maximum atomic E-state index is 13.1. The Kier molecular flexibility index (Phi) is 6.56. The monoisotopic (exact) mass is 421 g/mol. The number of carbonyl (C=O) groups excluding carboxylic acids is 2. The van der Waals surface area contributed by atoms with Gasteiger partial charge >= 0.3 is 0 Å². The molecule has 2 heterocycles. The van der Waals surface area contributed by atoms with E-state index in [4.69, 9.17) is 4.74 Å². The fourth-order valence-electron chi connectivity index (χ4n) is 4.69. The van der Waals surface area contributed by atoms with Crippen molar-refractivity contribution in [1.82, 2.24) is 14.7 Å². The van der Waals surface area contributed by atoms with E-state index in [-0.39, 0.29) is 17.9 Å². The van der Waals surface area contributed by atoms with Crippen molar-refractivity contribution < 1.29 is 14.3 Å². The first kappa shape index (κ1) is 21.4. The summed E-state index contributed by atoms with van der Waals surface area (Å²) >= 11 is 0. The van der Waals surface area contributed by atoms with Crippen LogP contribution >= 0.6 is 0 Å². The van der Waals surface area contributed by atoms with E-state index in [9.17, 15) is 9.59 Å². The number of benzene rings is 2. The second-order valence-corrected chi connectivity index (χ2v) is 8.39. The molecule has 0 radical (unpaired) electrons. The molecule has 6 nitrogen and oxygen atoms in total. The second-order valence-electron chi connectivity index (χ2n) is 8.39. The normalized spacial score (nSPS) is 19.1. The highest BCUT2D eigenvalue weighted by atomic mass is 16.5. The van der Waals surface area contributed by atoms with Crippen LogP contribution in [0.3, 0.4) is 0 Å². The van der Waals surface area contributed by atoms with Crippen molar-refractivity contribution in [2.24, 2.45) is 0 Å². The van der Waals surface area contributed by atoms with Crippen LogP contribution in [-0.2, 0) is 22.6 Å². The molecular formula is C25H31N3O3. The molecule has 2 amide bonds. The molecule has 1 unspecified atom stereocenters. The number of methoxy groups -OCH3 is 1. The molecular weight excluding hydrogens is 390 g/mol. The molecule has 1 fully saturated rings. The third-order valence-corrected chi connectivity index (χ3v) is 6.48. The Bertz CT molecular complexity index is 920. The number of nitrogens with zero attached hydrogens (tertiary/aromatic N) is 3. The Labute approximate surface area is 184 Å². The minimum atomic E-state index is -0.160. The summed E-state index contributed by atoms with van der Waals surface area (Å²) in [6.45, 7) is 6.32. The number of carbonyl (C=O) groups is 2. The fourth-order valence-corrected chi connectivity index (χ4v) is 4.69. The van der Waals surface area contributed by atoms with Crippen molar-refractivity contribution in [2.75, 3.05) is 39.8 Å². The van der Waals surface area contributed by atoms with E-state index in [1.54, 1.807) is 14.0 Å². The molecule has 0 saturated carbocycles. The van der Waals surface area contributed by atoms with Gasteiger partial charge < -0.3 is 14.5 Å². The minimum absolute atomic E-state index is 0.0385. The standard InChI is InChI=1S/C25H31N3O3/c1-19(29)28-12-11-21-5-3-4-6-23(21)24(28)17-25(30)27-15-13-26(14-16-27)18-20-7-9-22(31-2)10-8-20/h3-10,24H,11-18H2,1-2H3. The number of hydrogen-bond donors (Lipinski definition) is 0. The van der Waals surface area contributed by atoms with Crippen molar-refractivity contribution in [3.05, 3.63) is 65.2 Å². The molecule has 4 rings (SSSR count). The zero-order valence-electron chi connectivity index (χ0n) is 18.4. The second kappa shape index (κ2) is 9.52. The molecule has 1 atom stereocenters. The van der Waals surface area contributed by atoms with E-state index < -0.39 is 0 Å². The zero-order chi connectivity index (χ0) is 21.8. The molecule has 0 N–H and O–H groups in total. The van der Waals surface area contributed by atoms with Crippen LogP contribution in [0.15, 0.2) is 48.5 Å². The number of rotatable bonds is 5. The molecule has 0 aromatic heterocycles. The summed E-state index contributed by atoms with van der Waals surface area (Å²) in [5, 5.41) is 0. The van der Waals surface area contributed by atoms with E-state index in [1.165, 1.54) is 11.1 Å². The maximum absolute atomic E-state index is 13.1. The van der Waals surface area contributed by atoms with Gasteiger partial charge in [-0.2, -0.15) is 0 Å². The number of amides is 2. The van der Waals surface area contributed by atoms with Gasteiger partial charge in [-0.25, -0.2) is 0 Å². The van der Waals surface area contributed by atoms with Crippen LogP contribution in [0.2, 0.25) is 0 Å². The topological polar surface area (TPSA) is 53.1 Å². The average Bonchev–Trinajstić information content (AvgIpc) is 2.80. The maximum Gasteiger partial charge on any atom is 0.225 e. The molecule has 31 heavy (non-hydrogen) atoms. The molecule has 2 aromatic carbocycles. The van der Waals surface area contributed by atoms with Crippen LogP contribution in [0.25, 0.3) is 0 Å². The molecule has 0 spiro atoms. The summed E-state index contributed by atoms with van der Waals surface area (Å²) in [6.07, 6.45) is 1.21. The van der Waals surface area contributed by atoms with Crippen molar-refractivity contribution in [3.63, 3.8) is 0 Å². The van der Waals surface area contributed by atoms with E-state index in [0.717, 1.165) is 50.5 Å². The lowest BCUT2D eigenvalue weighted by Gasteiger charge is -2.39. The summed E-state index contributed by atoms with van der Waals surface area (Å²) in [7, 11) is 1.67. The molecule has 1 saturated heterocycles. The number of hydrogen-bond acceptors (Lipinski definition) is 4. The van der Waals surface area contributed by atoms with Gasteiger partial charge in [0.1, 0.15) is 5.75 Å². The first-order valence-electron chi connectivity index (χ1n) is 11.0. The van der Waals surface area contributed by atoms with Gasteiger partial charge in [0.15, 0.2) is 0 Å². The lowest BCUT2D eigenvalue weighted by atomic mass is 9.90. The molecule has 6 heteroatoms. The van der Waals surface area contributed by atoms with Crippen molar-refractivity contribution >= 4 is 11.8 Å². The van der Waals surface area contributed by atoms with Gasteiger partial charge in [0.2, 0.25) is 11.8 Å². The molecule has 2 aromatic rings. The Morgan fingerprint density at radius 3 is 2.35 bits per heavy atom. The third kappa shape index (κ3) is 4.90. The van der Waals surface area contributed by atoms with E-state index >= 15 is 0 Å². The first-order chi connectivity index (χ1) is 15.0. The van der Waals surface area contributed by atoms with Gasteiger partial charge in [-0.05, 0) is 35.2 Å². The Morgan fingerprint density at radius 1 is 0.968 bits per heavy atom. The van der Waals surface area contributed by atoms with Crippen LogP contribution in [-0.4, -0.2) is 66.3 Å². The van der Waals surface area contributed by atoms with Crippen LogP contribution < -0.4 is 4.74 Å². The van der Waals surface area contributed by atoms with Crippen LogP contribution in [0.5, 0.6) is 5.75 Å². The third-order valence-electron chi connectivity index (χ3n) is 6.48. The highest BCUT2D eigenvalue weighted by Crippen LogP contribution is 2.33. The van der Waals surface area contributed by atoms with Gasteiger partial charge in [0.25, 0.3) is 0 Å². The number of piperazine rings is 1. The summed E-state index contributed by atoms with van der Waals surface area (Å²) in [5.74, 6) is 1.04. The van der Waals surface area contributed by atoms with Gasteiger partial charge in [-0.15, -0.1) is 0 Å². The van der Waals surface area contributed by atoms with Crippen LogP contribution in [0.1, 0.15) is 36.1 Å². The van der Waals surface area contributed by atoms with Crippen molar-refractivity contribution in [3.8, 4) is 5.75 Å². The summed E-state index contributed by atoms with van der Waals surface area (Å²) in [6, 6.07) is 16.2. The smallest absolute Gasteiger partial charge is 0.225 e. The predicted octanol–water partition coefficient (Wildman–Crippen LogP) is 2.88. The van der Waals surface area contributed by atoms with Gasteiger partial charge in [0.05, 0.1) is 19.6 Å². The number of fused-ring (bicyclic) bond motifs is 1. The van der Waals surface area contributed by atoms with E-state index in [0.29, 0.717) is 13.0 Å². The SMILES string of the molecule is COc1ccc(CN2CCN(C(=O)CC3c4ccccc4CCN3C(C)=O)CC2)cc1. The zero-order valence-corrected chi connectivity index (χ0v) is 18.4. The van der Waals surface area contributed by atoms with Gasteiger partial charge in [0, 0.05) is 46.2 Å². The molecule has 0 bridgehead atoms. The van der Waals surface area contributed by atoms with Gasteiger partial charge in [-0.3, -0.25) is 14.5 Å². The molecule has 0 aliphatic carbocycles. The Hall–Kier alpha value is -2.86. The van der Waals surface area contributed by atoms with E-state index in [2.05, 4.69) is 29.2 Å². The lowest BCUT2D eigenvalue weighted by Crippen LogP contribution is -2.49. The lowest BCUT2D eigenvalue weighted by molar-refractivity contribution is -0.137.